The van der Waals surface area contributed by atoms with Crippen LogP contribution >= 0.6 is 0 Å². The van der Waals surface area contributed by atoms with E-state index in [1.807, 2.05) is 0 Å². The molecule has 0 saturated heterocycles. The maximum Gasteiger partial charge on any atom is 0.397 e. The molecule has 0 radical (unpaired) electrons. The fraction of sp³-hybridized carbons (Fsp3) is 0.571. The van der Waals surface area contributed by atoms with Gasteiger partial charge in [-0.1, -0.05) is 13.5 Å². The van der Waals surface area contributed by atoms with E-state index in [4.69, 9.17) is 4.55 Å². The molecule has 6 nitrogen and oxygen atoms in total. The van der Waals surface area contributed by atoms with Gasteiger partial charge in [0.15, 0.2) is 0 Å². The van der Waals surface area contributed by atoms with Gasteiger partial charge in [-0.2, -0.15) is 8.42 Å². The second-order valence-electron chi connectivity index (χ2n) is 2.46. The fourth-order valence-electron chi connectivity index (χ4n) is 0.597. The van der Waals surface area contributed by atoms with Gasteiger partial charge >= 0.3 is 10.4 Å². The molecule has 0 heterocycles. The summed E-state index contributed by atoms with van der Waals surface area (Å²) in [6, 6.07) is 0. The van der Waals surface area contributed by atoms with Crippen molar-refractivity contribution in [3.05, 3.63) is 12.2 Å². The largest absolute Gasteiger partial charge is 0.397 e. The van der Waals surface area contributed by atoms with Crippen LogP contribution in [-0.4, -0.2) is 32.0 Å². The van der Waals surface area contributed by atoms with Crippen LogP contribution in [0.4, 0.5) is 0 Å². The maximum atomic E-state index is 11.0. The number of rotatable bonds is 6. The fourth-order valence-corrected chi connectivity index (χ4v) is 0.891. The second kappa shape index (κ2) is 5.74. The van der Waals surface area contributed by atoms with E-state index in [0.717, 1.165) is 0 Å². The van der Waals surface area contributed by atoms with Crippen molar-refractivity contribution in [3.63, 3.8) is 0 Å². The van der Waals surface area contributed by atoms with Gasteiger partial charge in [0, 0.05) is 12.1 Å². The quantitative estimate of drug-likeness (QED) is 0.372. The van der Waals surface area contributed by atoms with Crippen molar-refractivity contribution in [2.75, 3.05) is 13.2 Å². The molecule has 0 fully saturated rings. The van der Waals surface area contributed by atoms with Gasteiger partial charge in [0.25, 0.3) is 0 Å². The lowest BCUT2D eigenvalue weighted by Crippen LogP contribution is -2.28. The molecule has 0 aromatic heterocycles. The molecule has 0 aromatic rings. The molecule has 0 bridgehead atoms. The first-order valence-corrected chi connectivity index (χ1v) is 5.31. The lowest BCUT2D eigenvalue weighted by molar-refractivity contribution is -0.117. The smallest absolute Gasteiger partial charge is 0.350 e. The van der Waals surface area contributed by atoms with Crippen molar-refractivity contribution in [2.24, 2.45) is 0 Å². The summed E-state index contributed by atoms with van der Waals surface area (Å²) in [5, 5.41) is 2.37. The summed E-state index contributed by atoms with van der Waals surface area (Å²) in [6.45, 7) is 4.95. The molecule has 0 unspecified atom stereocenters. The molecule has 0 saturated carbocycles. The van der Waals surface area contributed by atoms with Crippen molar-refractivity contribution in [1.82, 2.24) is 5.32 Å². The topological polar surface area (TPSA) is 92.7 Å². The Morgan fingerprint density at radius 3 is 2.57 bits per heavy atom. The highest BCUT2D eigenvalue weighted by molar-refractivity contribution is 7.80. The first-order chi connectivity index (χ1) is 6.37. The summed E-state index contributed by atoms with van der Waals surface area (Å²) < 4.78 is 32.3. The van der Waals surface area contributed by atoms with Crippen LogP contribution in [0.25, 0.3) is 0 Å². The molecule has 82 valence electrons. The van der Waals surface area contributed by atoms with Crippen LogP contribution in [0.15, 0.2) is 12.2 Å². The number of carbonyl (C=O) groups is 1. The molecule has 0 aliphatic heterocycles. The highest BCUT2D eigenvalue weighted by Gasteiger charge is 2.06. The Morgan fingerprint density at radius 1 is 1.57 bits per heavy atom. The molecule has 14 heavy (non-hydrogen) atoms. The van der Waals surface area contributed by atoms with E-state index in [1.165, 1.54) is 0 Å². The standard InChI is InChI=1S/C7H13NO5S/c1-3-6(2)7(9)8-4-5-13-14(10,11)12/h2-5H2,1H3,(H,8,9)(H,10,11,12). The monoisotopic (exact) mass is 223 g/mol. The van der Waals surface area contributed by atoms with E-state index in [9.17, 15) is 13.2 Å². The Balaban J connectivity index is 3.66. The number of hydrogen-bond donors (Lipinski definition) is 2. The van der Waals surface area contributed by atoms with E-state index >= 15 is 0 Å². The van der Waals surface area contributed by atoms with Gasteiger partial charge in [0.1, 0.15) is 0 Å². The molecular weight excluding hydrogens is 210 g/mol. The van der Waals surface area contributed by atoms with Crippen LogP contribution in [0.3, 0.4) is 0 Å². The number of carbonyl (C=O) groups excluding carboxylic acids is 1. The minimum absolute atomic E-state index is 0.00234. The Bertz CT molecular complexity index is 308. The average molecular weight is 223 g/mol. The summed E-state index contributed by atoms with van der Waals surface area (Å²) in [4.78, 5) is 11.0. The Hall–Kier alpha value is -0.920. The molecule has 7 heteroatoms. The highest BCUT2D eigenvalue weighted by atomic mass is 32.3. The van der Waals surface area contributed by atoms with Crippen LogP contribution in [0.5, 0.6) is 0 Å². The van der Waals surface area contributed by atoms with E-state index in [2.05, 4.69) is 16.1 Å². The van der Waals surface area contributed by atoms with Crippen molar-refractivity contribution in [2.45, 2.75) is 13.3 Å². The van der Waals surface area contributed by atoms with Gasteiger partial charge < -0.3 is 5.32 Å². The Morgan fingerprint density at radius 2 is 2.14 bits per heavy atom. The first-order valence-electron chi connectivity index (χ1n) is 3.94. The predicted octanol–water partition coefficient (Wildman–Crippen LogP) is -0.112. The lowest BCUT2D eigenvalue weighted by Gasteiger charge is -2.04. The van der Waals surface area contributed by atoms with Crippen LogP contribution in [-0.2, 0) is 19.4 Å². The van der Waals surface area contributed by atoms with Gasteiger partial charge in [-0.15, -0.1) is 0 Å². The lowest BCUT2D eigenvalue weighted by atomic mass is 10.2. The van der Waals surface area contributed by atoms with Gasteiger partial charge in [-0.25, -0.2) is 4.18 Å². The second-order valence-corrected chi connectivity index (χ2v) is 3.55. The van der Waals surface area contributed by atoms with Gasteiger partial charge in [0.05, 0.1) is 6.61 Å². The zero-order valence-electron chi connectivity index (χ0n) is 7.82. The van der Waals surface area contributed by atoms with Gasteiger partial charge in [-0.3, -0.25) is 9.35 Å². The predicted molar refractivity (Wildman–Crippen MR) is 49.9 cm³/mol. The SMILES string of the molecule is C=C(CC)C(=O)NCCOS(=O)(=O)O. The van der Waals surface area contributed by atoms with Crippen LogP contribution in [0.2, 0.25) is 0 Å². The zero-order chi connectivity index (χ0) is 11.2. The highest BCUT2D eigenvalue weighted by Crippen LogP contribution is 1.94. The number of hydrogen-bond acceptors (Lipinski definition) is 4. The molecule has 0 spiro atoms. The molecule has 0 rings (SSSR count). The molecular formula is C7H13NO5S. The third-order valence-electron chi connectivity index (χ3n) is 1.37. The van der Waals surface area contributed by atoms with Crippen molar-refractivity contribution in [1.29, 1.82) is 0 Å². The zero-order valence-corrected chi connectivity index (χ0v) is 8.63. The third-order valence-corrected chi connectivity index (χ3v) is 1.83. The van der Waals surface area contributed by atoms with E-state index in [-0.39, 0.29) is 19.1 Å². The van der Waals surface area contributed by atoms with E-state index in [0.29, 0.717) is 12.0 Å². The minimum Gasteiger partial charge on any atom is -0.350 e. The molecule has 2 N–H and O–H groups in total. The van der Waals surface area contributed by atoms with Crippen molar-refractivity contribution >= 4 is 16.3 Å². The van der Waals surface area contributed by atoms with Crippen LogP contribution in [0, 0.1) is 0 Å². The van der Waals surface area contributed by atoms with Crippen molar-refractivity contribution in [3.8, 4) is 0 Å². The summed E-state index contributed by atoms with van der Waals surface area (Å²) in [7, 11) is -4.42. The van der Waals surface area contributed by atoms with E-state index < -0.39 is 10.4 Å². The van der Waals surface area contributed by atoms with Crippen LogP contribution < -0.4 is 5.32 Å². The summed E-state index contributed by atoms with van der Waals surface area (Å²) in [5.41, 5.74) is 0.400. The normalized spacial score (nSPS) is 11.0. The third kappa shape index (κ3) is 6.58. The number of amides is 1. The Labute approximate surface area is 82.9 Å². The van der Waals surface area contributed by atoms with Gasteiger partial charge in [0.2, 0.25) is 5.91 Å². The number of nitrogens with one attached hydrogen (secondary N) is 1. The van der Waals surface area contributed by atoms with Gasteiger partial charge in [-0.05, 0) is 6.42 Å². The summed E-state index contributed by atoms with van der Waals surface area (Å²) in [6.07, 6.45) is 0.519. The first kappa shape index (κ1) is 13.1. The van der Waals surface area contributed by atoms with Crippen LogP contribution in [0.1, 0.15) is 13.3 Å². The van der Waals surface area contributed by atoms with E-state index in [1.54, 1.807) is 6.92 Å². The Kier molecular flexibility index (Phi) is 5.36. The van der Waals surface area contributed by atoms with Crippen molar-refractivity contribution < 1.29 is 21.9 Å². The average Bonchev–Trinajstić information content (AvgIpc) is 2.09. The maximum absolute atomic E-state index is 11.0. The molecule has 0 aromatic carbocycles. The molecule has 0 atom stereocenters. The minimum atomic E-state index is -4.42. The summed E-state index contributed by atoms with van der Waals surface area (Å²) >= 11 is 0. The molecule has 0 aliphatic carbocycles. The summed E-state index contributed by atoms with van der Waals surface area (Å²) in [5.74, 6) is -0.355. The molecule has 1 amide bonds. The molecule has 0 aliphatic rings.